The van der Waals surface area contributed by atoms with Crippen LogP contribution in [0.1, 0.15) is 18.1 Å². The van der Waals surface area contributed by atoms with Crippen molar-refractivity contribution in [2.75, 3.05) is 23.3 Å². The molecule has 1 atom stereocenters. The Bertz CT molecular complexity index is 1250. The molecule has 0 saturated heterocycles. The zero-order valence-corrected chi connectivity index (χ0v) is 20.0. The van der Waals surface area contributed by atoms with E-state index in [1.54, 1.807) is 23.1 Å². The lowest BCUT2D eigenvalue weighted by Gasteiger charge is -2.41. The molecule has 1 aliphatic heterocycles. The third kappa shape index (κ3) is 4.79. The summed E-state index contributed by atoms with van der Waals surface area (Å²) in [5.41, 5.74) is 1.53. The van der Waals surface area contributed by atoms with Crippen molar-refractivity contribution >= 4 is 52.2 Å². The Morgan fingerprint density at radius 2 is 1.71 bits per heavy atom. The second-order valence-corrected chi connectivity index (χ2v) is 9.08. The standard InChI is InChI=1S/C26H23Cl2N3O3/c1-17(32)15-29-24(33)16-31(21-8-3-2-4-9-21)26(14-18-6-5-7-19(27)12-18)22-11-10-20(28)13-23(22)30-25(26)34/h2-13H,14-16H2,1H3,(H,29,33)(H,30,34). The maximum atomic E-state index is 13.8. The molecular weight excluding hydrogens is 473 g/mol. The van der Waals surface area contributed by atoms with E-state index in [4.69, 9.17) is 23.2 Å². The van der Waals surface area contributed by atoms with Crippen molar-refractivity contribution in [1.82, 2.24) is 5.32 Å². The van der Waals surface area contributed by atoms with E-state index in [0.717, 1.165) is 5.56 Å². The molecule has 1 heterocycles. The Hall–Kier alpha value is -3.35. The number of nitrogens with zero attached hydrogens (tertiary/aromatic N) is 1. The molecule has 3 aromatic carbocycles. The quantitative estimate of drug-likeness (QED) is 0.478. The molecule has 0 aromatic heterocycles. The number of rotatable bonds is 8. The van der Waals surface area contributed by atoms with Gasteiger partial charge in [0, 0.05) is 33.4 Å². The zero-order valence-electron chi connectivity index (χ0n) is 18.5. The van der Waals surface area contributed by atoms with Gasteiger partial charge in [-0.05, 0) is 48.9 Å². The van der Waals surface area contributed by atoms with Crippen LogP contribution in [0.4, 0.5) is 11.4 Å². The number of benzene rings is 3. The molecule has 0 aliphatic carbocycles. The van der Waals surface area contributed by atoms with E-state index < -0.39 is 5.54 Å². The molecule has 2 N–H and O–H groups in total. The van der Waals surface area contributed by atoms with Gasteiger partial charge in [-0.2, -0.15) is 0 Å². The number of para-hydroxylation sites is 1. The van der Waals surface area contributed by atoms with Gasteiger partial charge in [0.25, 0.3) is 5.91 Å². The minimum Gasteiger partial charge on any atom is -0.347 e. The highest BCUT2D eigenvalue weighted by Crippen LogP contribution is 2.45. The molecule has 174 valence electrons. The molecule has 1 unspecified atom stereocenters. The number of anilines is 2. The third-order valence-electron chi connectivity index (χ3n) is 5.76. The van der Waals surface area contributed by atoms with Crippen molar-refractivity contribution < 1.29 is 14.4 Å². The number of hydrogen-bond acceptors (Lipinski definition) is 4. The number of amides is 2. The number of Topliss-reactive ketones (excluding diaryl/α,β-unsaturated/α-hetero) is 1. The molecule has 0 spiro atoms. The Balaban J connectivity index is 1.88. The van der Waals surface area contributed by atoms with Crippen LogP contribution in [0.25, 0.3) is 0 Å². The second kappa shape index (κ2) is 9.87. The Labute approximate surface area is 207 Å². The summed E-state index contributed by atoms with van der Waals surface area (Å²) in [5, 5.41) is 6.63. The first-order valence-electron chi connectivity index (χ1n) is 10.7. The lowest BCUT2D eigenvalue weighted by Crippen LogP contribution is -2.56. The van der Waals surface area contributed by atoms with Crippen LogP contribution in [0.2, 0.25) is 10.0 Å². The lowest BCUT2D eigenvalue weighted by atomic mass is 9.82. The van der Waals surface area contributed by atoms with Crippen molar-refractivity contribution in [2.45, 2.75) is 18.9 Å². The van der Waals surface area contributed by atoms with Crippen molar-refractivity contribution in [1.29, 1.82) is 0 Å². The van der Waals surface area contributed by atoms with E-state index in [2.05, 4.69) is 10.6 Å². The fraction of sp³-hybridized carbons (Fsp3) is 0.192. The average Bonchev–Trinajstić information content (AvgIpc) is 3.07. The van der Waals surface area contributed by atoms with E-state index in [1.807, 2.05) is 54.6 Å². The molecular formula is C26H23Cl2N3O3. The summed E-state index contributed by atoms with van der Waals surface area (Å²) < 4.78 is 0. The van der Waals surface area contributed by atoms with Gasteiger partial charge in [0.15, 0.2) is 5.54 Å². The molecule has 6 nitrogen and oxygen atoms in total. The highest BCUT2D eigenvalue weighted by Gasteiger charge is 2.52. The molecule has 0 radical (unpaired) electrons. The first kappa shape index (κ1) is 23.8. The van der Waals surface area contributed by atoms with Crippen LogP contribution in [0.3, 0.4) is 0 Å². The van der Waals surface area contributed by atoms with Gasteiger partial charge in [-0.25, -0.2) is 0 Å². The van der Waals surface area contributed by atoms with Crippen LogP contribution in [-0.4, -0.2) is 30.7 Å². The van der Waals surface area contributed by atoms with Gasteiger partial charge >= 0.3 is 0 Å². The summed E-state index contributed by atoms with van der Waals surface area (Å²) in [6.45, 7) is 1.18. The minimum atomic E-state index is -1.26. The first-order chi connectivity index (χ1) is 16.3. The Morgan fingerprint density at radius 3 is 2.41 bits per heavy atom. The van der Waals surface area contributed by atoms with Crippen LogP contribution in [0.5, 0.6) is 0 Å². The van der Waals surface area contributed by atoms with Gasteiger partial charge < -0.3 is 15.5 Å². The van der Waals surface area contributed by atoms with E-state index in [-0.39, 0.29) is 37.1 Å². The van der Waals surface area contributed by atoms with E-state index in [1.165, 1.54) is 6.92 Å². The van der Waals surface area contributed by atoms with Crippen LogP contribution in [-0.2, 0) is 26.3 Å². The highest BCUT2D eigenvalue weighted by molar-refractivity contribution is 6.31. The molecule has 4 rings (SSSR count). The number of fused-ring (bicyclic) bond motifs is 1. The average molecular weight is 496 g/mol. The number of ketones is 1. The molecule has 0 bridgehead atoms. The van der Waals surface area contributed by atoms with Gasteiger partial charge in [0.1, 0.15) is 5.78 Å². The monoisotopic (exact) mass is 495 g/mol. The van der Waals surface area contributed by atoms with Crippen molar-refractivity contribution in [3.63, 3.8) is 0 Å². The van der Waals surface area contributed by atoms with Gasteiger partial charge in [-0.1, -0.05) is 59.6 Å². The molecule has 3 aromatic rings. The highest BCUT2D eigenvalue weighted by atomic mass is 35.5. The molecule has 1 aliphatic rings. The predicted molar refractivity (Wildman–Crippen MR) is 134 cm³/mol. The topological polar surface area (TPSA) is 78.5 Å². The lowest BCUT2D eigenvalue weighted by molar-refractivity contribution is -0.124. The molecule has 0 saturated carbocycles. The number of hydrogen-bond donors (Lipinski definition) is 2. The summed E-state index contributed by atoms with van der Waals surface area (Å²) >= 11 is 12.5. The minimum absolute atomic E-state index is 0.0822. The van der Waals surface area contributed by atoms with E-state index >= 15 is 0 Å². The van der Waals surface area contributed by atoms with Gasteiger partial charge in [-0.15, -0.1) is 0 Å². The Kier molecular flexibility index (Phi) is 6.91. The smallest absolute Gasteiger partial charge is 0.255 e. The maximum Gasteiger partial charge on any atom is 0.255 e. The summed E-state index contributed by atoms with van der Waals surface area (Å²) in [7, 11) is 0. The van der Waals surface area contributed by atoms with Gasteiger partial charge in [0.2, 0.25) is 5.91 Å². The van der Waals surface area contributed by atoms with Crippen LogP contribution < -0.4 is 15.5 Å². The largest absolute Gasteiger partial charge is 0.347 e. The number of nitrogens with one attached hydrogen (secondary N) is 2. The summed E-state index contributed by atoms with van der Waals surface area (Å²) in [4.78, 5) is 39.9. The summed E-state index contributed by atoms with van der Waals surface area (Å²) in [6, 6.07) is 21.8. The fourth-order valence-electron chi connectivity index (χ4n) is 4.29. The van der Waals surface area contributed by atoms with Crippen molar-refractivity contribution in [2.24, 2.45) is 0 Å². The maximum absolute atomic E-state index is 13.8. The van der Waals surface area contributed by atoms with Crippen molar-refractivity contribution in [3.8, 4) is 0 Å². The van der Waals surface area contributed by atoms with Gasteiger partial charge in [-0.3, -0.25) is 14.4 Å². The third-order valence-corrected chi connectivity index (χ3v) is 6.24. The van der Waals surface area contributed by atoms with Crippen LogP contribution >= 0.6 is 23.2 Å². The van der Waals surface area contributed by atoms with Gasteiger partial charge in [0.05, 0.1) is 13.1 Å². The van der Waals surface area contributed by atoms with E-state index in [9.17, 15) is 14.4 Å². The number of carbonyl (C=O) groups is 3. The second-order valence-electron chi connectivity index (χ2n) is 8.21. The summed E-state index contributed by atoms with van der Waals surface area (Å²) in [6.07, 6.45) is 0.253. The number of carbonyl (C=O) groups excluding carboxylic acids is 3. The molecule has 8 heteroatoms. The van der Waals surface area contributed by atoms with Crippen LogP contribution in [0.15, 0.2) is 72.8 Å². The predicted octanol–water partition coefficient (Wildman–Crippen LogP) is 4.60. The number of halogens is 2. The Morgan fingerprint density at radius 1 is 0.971 bits per heavy atom. The van der Waals surface area contributed by atoms with E-state index in [0.29, 0.717) is 27.0 Å². The molecule has 34 heavy (non-hydrogen) atoms. The zero-order chi connectivity index (χ0) is 24.3. The van der Waals surface area contributed by atoms with Crippen molar-refractivity contribution in [3.05, 3.63) is 94.0 Å². The molecule has 2 amide bonds. The first-order valence-corrected chi connectivity index (χ1v) is 11.5. The summed E-state index contributed by atoms with van der Waals surface area (Å²) in [5.74, 6) is -0.820. The normalized spacial score (nSPS) is 16.5. The van der Waals surface area contributed by atoms with Crippen LogP contribution in [0, 0.1) is 0 Å². The fourth-order valence-corrected chi connectivity index (χ4v) is 4.67. The molecule has 0 fully saturated rings. The SMILES string of the molecule is CC(=O)CNC(=O)CN(c1ccccc1)C1(Cc2cccc(Cl)c2)C(=O)Nc2cc(Cl)ccc21.